The molecule has 0 amide bonds. The molecule has 1 unspecified atom stereocenters. The lowest BCUT2D eigenvalue weighted by atomic mass is 10.0. The van der Waals surface area contributed by atoms with Crippen molar-refractivity contribution in [1.29, 1.82) is 0 Å². The molecule has 1 aromatic rings. The third-order valence-electron chi connectivity index (χ3n) is 4.08. The zero-order valence-corrected chi connectivity index (χ0v) is 14.6. The summed E-state index contributed by atoms with van der Waals surface area (Å²) in [5.74, 6) is 1.77. The van der Waals surface area contributed by atoms with Crippen LogP contribution in [0.5, 0.6) is 5.75 Å². The van der Waals surface area contributed by atoms with Crippen LogP contribution in [0.4, 0.5) is 0 Å². The fraction of sp³-hybridized carbons (Fsp3) is 0.588. The van der Waals surface area contributed by atoms with Gasteiger partial charge in [0.15, 0.2) is 5.96 Å². The fourth-order valence-electron chi connectivity index (χ4n) is 2.80. The van der Waals surface area contributed by atoms with Gasteiger partial charge >= 0.3 is 0 Å². The second-order valence-electron chi connectivity index (χ2n) is 5.76. The Hall–Kier alpha value is -1.79. The normalized spacial score (nSPS) is 17.7. The van der Waals surface area contributed by atoms with Crippen molar-refractivity contribution >= 4 is 5.96 Å². The number of hydrogen-bond acceptors (Lipinski definition) is 4. The van der Waals surface area contributed by atoms with Crippen molar-refractivity contribution in [1.82, 2.24) is 15.1 Å². The van der Waals surface area contributed by atoms with Crippen LogP contribution < -0.4 is 10.1 Å². The van der Waals surface area contributed by atoms with Gasteiger partial charge in [-0.05, 0) is 17.7 Å². The highest BCUT2D eigenvalue weighted by molar-refractivity contribution is 5.79. The predicted molar refractivity (Wildman–Crippen MR) is 93.2 cm³/mol. The number of methoxy groups -OCH3 is 1. The summed E-state index contributed by atoms with van der Waals surface area (Å²) in [5.41, 5.74) is 1.27. The summed E-state index contributed by atoms with van der Waals surface area (Å²) in [7, 11) is 7.48. The quantitative estimate of drug-likeness (QED) is 0.653. The smallest absolute Gasteiger partial charge is 0.193 e. The number of morpholine rings is 1. The van der Waals surface area contributed by atoms with Crippen molar-refractivity contribution < 1.29 is 9.47 Å². The summed E-state index contributed by atoms with van der Waals surface area (Å²) in [6, 6.07) is 8.59. The SMILES string of the molecule is CN=C(NCC(c1ccc(OC)cc1)N1CCOCC1)N(C)C. The predicted octanol–water partition coefficient (Wildman–Crippen LogP) is 1.21. The summed E-state index contributed by atoms with van der Waals surface area (Å²) in [5, 5.41) is 3.46. The Morgan fingerprint density at radius 2 is 1.96 bits per heavy atom. The Kier molecular flexibility index (Phi) is 6.67. The molecule has 0 bridgehead atoms. The molecular weight excluding hydrogens is 292 g/mol. The Bertz CT molecular complexity index is 496. The third kappa shape index (κ3) is 4.84. The van der Waals surface area contributed by atoms with Crippen LogP contribution in [0, 0.1) is 0 Å². The molecule has 1 aliphatic heterocycles. The van der Waals surface area contributed by atoms with Gasteiger partial charge in [0.2, 0.25) is 0 Å². The lowest BCUT2D eigenvalue weighted by Gasteiger charge is -2.35. The van der Waals surface area contributed by atoms with E-state index in [1.165, 1.54) is 5.56 Å². The summed E-state index contributed by atoms with van der Waals surface area (Å²) < 4.78 is 10.8. The fourth-order valence-corrected chi connectivity index (χ4v) is 2.80. The lowest BCUT2D eigenvalue weighted by Crippen LogP contribution is -2.46. The maximum Gasteiger partial charge on any atom is 0.193 e. The number of nitrogens with one attached hydrogen (secondary N) is 1. The summed E-state index contributed by atoms with van der Waals surface area (Å²) in [4.78, 5) is 8.74. The molecule has 23 heavy (non-hydrogen) atoms. The largest absolute Gasteiger partial charge is 0.497 e. The molecule has 0 spiro atoms. The van der Waals surface area contributed by atoms with E-state index in [9.17, 15) is 0 Å². The van der Waals surface area contributed by atoms with Crippen molar-refractivity contribution in [3.05, 3.63) is 29.8 Å². The maximum absolute atomic E-state index is 5.49. The first-order valence-corrected chi connectivity index (χ1v) is 7.99. The molecule has 1 fully saturated rings. The van der Waals surface area contributed by atoms with Gasteiger partial charge in [0.05, 0.1) is 26.4 Å². The molecule has 0 aliphatic carbocycles. The van der Waals surface area contributed by atoms with Gasteiger partial charge in [-0.15, -0.1) is 0 Å². The first-order valence-electron chi connectivity index (χ1n) is 7.99. The molecule has 6 nitrogen and oxygen atoms in total. The third-order valence-corrected chi connectivity index (χ3v) is 4.08. The number of nitrogens with zero attached hydrogens (tertiary/aromatic N) is 3. The van der Waals surface area contributed by atoms with Crippen LogP contribution in [0.15, 0.2) is 29.3 Å². The second-order valence-corrected chi connectivity index (χ2v) is 5.76. The zero-order valence-electron chi connectivity index (χ0n) is 14.6. The van der Waals surface area contributed by atoms with Crippen LogP contribution in [0.25, 0.3) is 0 Å². The minimum Gasteiger partial charge on any atom is -0.497 e. The van der Waals surface area contributed by atoms with Crippen molar-refractivity contribution in [3.63, 3.8) is 0 Å². The Morgan fingerprint density at radius 1 is 1.30 bits per heavy atom. The Morgan fingerprint density at radius 3 is 2.48 bits per heavy atom. The lowest BCUT2D eigenvalue weighted by molar-refractivity contribution is 0.0169. The van der Waals surface area contributed by atoms with Crippen molar-refractivity contribution in [2.75, 3.05) is 61.1 Å². The van der Waals surface area contributed by atoms with Crippen LogP contribution in [0.1, 0.15) is 11.6 Å². The topological polar surface area (TPSA) is 49.3 Å². The highest BCUT2D eigenvalue weighted by Crippen LogP contribution is 2.23. The molecule has 6 heteroatoms. The number of benzene rings is 1. The van der Waals surface area contributed by atoms with E-state index in [-0.39, 0.29) is 6.04 Å². The average Bonchev–Trinajstić information content (AvgIpc) is 2.59. The molecule has 1 aliphatic rings. The Balaban J connectivity index is 2.13. The van der Waals surface area contributed by atoms with Gasteiger partial charge < -0.3 is 19.7 Å². The van der Waals surface area contributed by atoms with Gasteiger partial charge in [-0.1, -0.05) is 12.1 Å². The average molecular weight is 320 g/mol. The van der Waals surface area contributed by atoms with E-state index in [0.29, 0.717) is 0 Å². The standard InChI is InChI=1S/C17H28N4O2/c1-18-17(20(2)3)19-13-16(21-9-11-23-12-10-21)14-5-7-15(22-4)8-6-14/h5-8,16H,9-13H2,1-4H3,(H,18,19). The van der Waals surface area contributed by atoms with E-state index < -0.39 is 0 Å². The Labute approximate surface area is 139 Å². The molecule has 1 aromatic carbocycles. The zero-order chi connectivity index (χ0) is 16.7. The van der Waals surface area contributed by atoms with Crippen molar-refractivity contribution in [2.24, 2.45) is 4.99 Å². The van der Waals surface area contributed by atoms with Gasteiger partial charge in [0.25, 0.3) is 0 Å². The van der Waals surface area contributed by atoms with Gasteiger partial charge in [0, 0.05) is 40.8 Å². The first-order chi connectivity index (χ1) is 11.2. The first kappa shape index (κ1) is 17.6. The van der Waals surface area contributed by atoms with Gasteiger partial charge in [-0.2, -0.15) is 0 Å². The summed E-state index contributed by atoms with van der Waals surface area (Å²) >= 11 is 0. The second kappa shape index (κ2) is 8.74. The molecule has 1 N–H and O–H groups in total. The van der Waals surface area contributed by atoms with Crippen LogP contribution in [-0.4, -0.2) is 76.9 Å². The van der Waals surface area contributed by atoms with Gasteiger partial charge in [-0.25, -0.2) is 0 Å². The number of rotatable bonds is 5. The van der Waals surface area contributed by atoms with E-state index in [1.54, 1.807) is 14.2 Å². The highest BCUT2D eigenvalue weighted by Gasteiger charge is 2.23. The molecule has 0 radical (unpaired) electrons. The maximum atomic E-state index is 5.49. The molecule has 128 valence electrons. The van der Waals surface area contributed by atoms with Crippen molar-refractivity contribution in [2.45, 2.75) is 6.04 Å². The van der Waals surface area contributed by atoms with Crippen LogP contribution in [0.3, 0.4) is 0 Å². The number of guanidine groups is 1. The van der Waals surface area contributed by atoms with Crippen LogP contribution in [0.2, 0.25) is 0 Å². The van der Waals surface area contributed by atoms with Crippen LogP contribution >= 0.6 is 0 Å². The van der Waals surface area contributed by atoms with E-state index in [1.807, 2.05) is 31.1 Å². The highest BCUT2D eigenvalue weighted by atomic mass is 16.5. The van der Waals surface area contributed by atoms with E-state index in [4.69, 9.17) is 9.47 Å². The molecule has 0 saturated carbocycles. The van der Waals surface area contributed by atoms with E-state index in [2.05, 4.69) is 27.3 Å². The molecule has 2 rings (SSSR count). The monoisotopic (exact) mass is 320 g/mol. The molecule has 0 aromatic heterocycles. The number of aliphatic imine (C=N–C) groups is 1. The van der Waals surface area contributed by atoms with Crippen LogP contribution in [-0.2, 0) is 4.74 Å². The summed E-state index contributed by atoms with van der Waals surface area (Å²) in [6.07, 6.45) is 0. The van der Waals surface area contributed by atoms with E-state index >= 15 is 0 Å². The van der Waals surface area contributed by atoms with Gasteiger partial charge in [-0.3, -0.25) is 9.89 Å². The molecule has 1 saturated heterocycles. The number of ether oxygens (including phenoxy) is 2. The van der Waals surface area contributed by atoms with Crippen molar-refractivity contribution in [3.8, 4) is 5.75 Å². The van der Waals surface area contributed by atoms with E-state index in [0.717, 1.165) is 44.6 Å². The van der Waals surface area contributed by atoms with Gasteiger partial charge in [0.1, 0.15) is 5.75 Å². The minimum atomic E-state index is 0.279. The summed E-state index contributed by atoms with van der Waals surface area (Å²) in [6.45, 7) is 4.26. The molecule has 1 atom stereocenters. The minimum absolute atomic E-state index is 0.279. The molecular formula is C17H28N4O2. The number of hydrogen-bond donors (Lipinski definition) is 1. The molecule has 1 heterocycles.